The highest BCUT2D eigenvalue weighted by Gasteiger charge is 2.27. The number of hydrogen-bond acceptors (Lipinski definition) is 3. The highest BCUT2D eigenvalue weighted by atomic mass is 35.5. The molecule has 6 heteroatoms. The van der Waals surface area contributed by atoms with Crippen LogP contribution in [0.25, 0.3) is 0 Å². The number of hydrogen-bond donors (Lipinski definition) is 2. The second-order valence-corrected chi connectivity index (χ2v) is 6.27. The summed E-state index contributed by atoms with van der Waals surface area (Å²) in [6, 6.07) is 3.32. The lowest BCUT2D eigenvalue weighted by molar-refractivity contribution is 0.0895. The lowest BCUT2D eigenvalue weighted by atomic mass is 9.92. The van der Waals surface area contributed by atoms with Crippen molar-refractivity contribution in [3.63, 3.8) is 0 Å². The topological polar surface area (TPSA) is 55.1 Å². The van der Waals surface area contributed by atoms with Crippen molar-refractivity contribution in [2.75, 3.05) is 12.8 Å². The first-order valence-electron chi connectivity index (χ1n) is 6.48. The van der Waals surface area contributed by atoms with E-state index in [1.807, 2.05) is 20.1 Å². The van der Waals surface area contributed by atoms with Crippen LogP contribution >= 0.6 is 35.0 Å². The Balaban J connectivity index is 3.09. The van der Waals surface area contributed by atoms with Crippen LogP contribution in [0.15, 0.2) is 17.0 Å². The van der Waals surface area contributed by atoms with Gasteiger partial charge in [-0.15, -0.1) is 11.8 Å². The van der Waals surface area contributed by atoms with Gasteiger partial charge in [0.1, 0.15) is 0 Å². The third kappa shape index (κ3) is 3.82. The number of nitrogens with two attached hydrogens (primary N) is 1. The SMILES string of the molecule is CCC(CC)(CN)NC(=O)c1cc(SC)c(Cl)cc1Cl. The van der Waals surface area contributed by atoms with E-state index in [0.717, 1.165) is 17.7 Å². The Bertz CT molecular complexity index is 482. The first kappa shape index (κ1) is 17.6. The van der Waals surface area contributed by atoms with Crippen molar-refractivity contribution < 1.29 is 4.79 Å². The molecule has 0 spiro atoms. The van der Waals surface area contributed by atoms with E-state index in [4.69, 9.17) is 28.9 Å². The monoisotopic (exact) mass is 334 g/mol. The van der Waals surface area contributed by atoms with Crippen LogP contribution in [0, 0.1) is 0 Å². The van der Waals surface area contributed by atoms with Crippen LogP contribution in [0.1, 0.15) is 37.0 Å². The third-order valence-electron chi connectivity index (χ3n) is 3.61. The molecule has 1 aromatic carbocycles. The van der Waals surface area contributed by atoms with Crippen molar-refractivity contribution in [1.82, 2.24) is 5.32 Å². The smallest absolute Gasteiger partial charge is 0.253 e. The molecular formula is C14H20Cl2N2OS. The standard InChI is InChI=1S/C14H20Cl2N2OS/c1-4-14(5-2,8-17)18-13(19)9-6-12(20-3)11(16)7-10(9)15/h6-7H,4-5,8,17H2,1-3H3,(H,18,19). The second-order valence-electron chi connectivity index (χ2n) is 4.61. The van der Waals surface area contributed by atoms with Crippen LogP contribution in [-0.4, -0.2) is 24.2 Å². The summed E-state index contributed by atoms with van der Waals surface area (Å²) in [4.78, 5) is 13.3. The van der Waals surface area contributed by atoms with Crippen molar-refractivity contribution in [3.8, 4) is 0 Å². The van der Waals surface area contributed by atoms with Gasteiger partial charge in [-0.25, -0.2) is 0 Å². The van der Waals surface area contributed by atoms with Gasteiger partial charge in [0.15, 0.2) is 0 Å². The predicted molar refractivity (Wildman–Crippen MR) is 88.1 cm³/mol. The van der Waals surface area contributed by atoms with Crippen LogP contribution in [-0.2, 0) is 0 Å². The van der Waals surface area contributed by atoms with Crippen LogP contribution in [0.5, 0.6) is 0 Å². The summed E-state index contributed by atoms with van der Waals surface area (Å²) < 4.78 is 0. The molecule has 0 unspecified atom stereocenters. The number of halogens is 2. The highest BCUT2D eigenvalue weighted by Crippen LogP contribution is 2.31. The van der Waals surface area contributed by atoms with Crippen molar-refractivity contribution in [1.29, 1.82) is 0 Å². The van der Waals surface area contributed by atoms with E-state index >= 15 is 0 Å². The van der Waals surface area contributed by atoms with Crippen LogP contribution in [0.3, 0.4) is 0 Å². The number of thioether (sulfide) groups is 1. The normalized spacial score (nSPS) is 11.5. The molecule has 3 nitrogen and oxygen atoms in total. The van der Waals surface area contributed by atoms with E-state index in [1.54, 1.807) is 12.1 Å². The molecule has 112 valence electrons. The highest BCUT2D eigenvalue weighted by molar-refractivity contribution is 7.98. The minimum absolute atomic E-state index is 0.212. The number of benzene rings is 1. The van der Waals surface area contributed by atoms with E-state index < -0.39 is 0 Å². The molecule has 0 fully saturated rings. The maximum atomic E-state index is 12.4. The van der Waals surface area contributed by atoms with Crippen LogP contribution in [0.2, 0.25) is 10.0 Å². The zero-order valence-electron chi connectivity index (χ0n) is 11.9. The molecule has 0 bridgehead atoms. The van der Waals surface area contributed by atoms with Gasteiger partial charge in [0.05, 0.1) is 21.1 Å². The molecular weight excluding hydrogens is 315 g/mol. The van der Waals surface area contributed by atoms with E-state index in [2.05, 4.69) is 5.32 Å². The molecule has 3 N–H and O–H groups in total. The Morgan fingerprint density at radius 2 is 1.90 bits per heavy atom. The fourth-order valence-electron chi connectivity index (χ4n) is 1.93. The quantitative estimate of drug-likeness (QED) is 0.774. The molecule has 0 saturated heterocycles. The number of rotatable bonds is 6. The number of amides is 1. The summed E-state index contributed by atoms with van der Waals surface area (Å²) in [6.45, 7) is 4.41. The summed E-state index contributed by atoms with van der Waals surface area (Å²) >= 11 is 13.7. The van der Waals surface area contributed by atoms with E-state index in [9.17, 15) is 4.79 Å². The summed E-state index contributed by atoms with van der Waals surface area (Å²) in [5.41, 5.74) is 5.84. The largest absolute Gasteiger partial charge is 0.345 e. The van der Waals surface area contributed by atoms with Crippen molar-refractivity contribution >= 4 is 40.9 Å². The minimum atomic E-state index is -0.389. The Kier molecular flexibility index (Phi) is 6.65. The molecule has 1 amide bonds. The molecule has 0 heterocycles. The Morgan fingerprint density at radius 3 is 2.35 bits per heavy atom. The summed E-state index contributed by atoms with van der Waals surface area (Å²) in [5.74, 6) is -0.212. The van der Waals surface area contributed by atoms with E-state index in [0.29, 0.717) is 22.2 Å². The first-order chi connectivity index (χ1) is 9.42. The van der Waals surface area contributed by atoms with Gasteiger partial charge in [-0.1, -0.05) is 37.0 Å². The fourth-order valence-corrected chi connectivity index (χ4v) is 3.12. The lowest BCUT2D eigenvalue weighted by Crippen LogP contribution is -2.52. The molecule has 0 aromatic heterocycles. The van der Waals surface area contributed by atoms with Gasteiger partial charge in [0, 0.05) is 11.4 Å². The maximum Gasteiger partial charge on any atom is 0.253 e. The molecule has 0 aliphatic heterocycles. The van der Waals surface area contributed by atoms with E-state index in [1.165, 1.54) is 11.8 Å². The molecule has 0 aliphatic carbocycles. The van der Waals surface area contributed by atoms with E-state index in [-0.39, 0.29) is 11.4 Å². The van der Waals surface area contributed by atoms with Crippen molar-refractivity contribution in [2.45, 2.75) is 37.1 Å². The Hall–Kier alpha value is -0.420. The lowest BCUT2D eigenvalue weighted by Gasteiger charge is -2.31. The fraction of sp³-hybridized carbons (Fsp3) is 0.500. The van der Waals surface area contributed by atoms with Gasteiger partial charge in [-0.05, 0) is 31.2 Å². The minimum Gasteiger partial charge on any atom is -0.345 e. The summed E-state index contributed by atoms with van der Waals surface area (Å²) in [5, 5.41) is 3.91. The molecule has 20 heavy (non-hydrogen) atoms. The molecule has 0 saturated carbocycles. The van der Waals surface area contributed by atoms with Crippen molar-refractivity contribution in [3.05, 3.63) is 27.7 Å². The zero-order chi connectivity index (χ0) is 15.3. The van der Waals surface area contributed by atoms with Gasteiger partial charge in [0.25, 0.3) is 5.91 Å². The summed E-state index contributed by atoms with van der Waals surface area (Å²) in [7, 11) is 0. The van der Waals surface area contributed by atoms with Crippen LogP contribution < -0.4 is 11.1 Å². The number of nitrogens with one attached hydrogen (secondary N) is 1. The zero-order valence-corrected chi connectivity index (χ0v) is 14.3. The second kappa shape index (κ2) is 7.55. The van der Waals surface area contributed by atoms with Gasteiger partial charge in [-0.3, -0.25) is 4.79 Å². The van der Waals surface area contributed by atoms with Gasteiger partial charge >= 0.3 is 0 Å². The van der Waals surface area contributed by atoms with Crippen LogP contribution in [0.4, 0.5) is 0 Å². The average molecular weight is 335 g/mol. The third-order valence-corrected chi connectivity index (χ3v) is 5.12. The molecule has 0 atom stereocenters. The van der Waals surface area contributed by atoms with Gasteiger partial charge < -0.3 is 11.1 Å². The predicted octanol–water partition coefficient (Wildman–Crippen LogP) is 3.96. The average Bonchev–Trinajstić information content (AvgIpc) is 2.45. The maximum absolute atomic E-state index is 12.4. The number of carbonyl (C=O) groups is 1. The molecule has 0 radical (unpaired) electrons. The van der Waals surface area contributed by atoms with Gasteiger partial charge in [0.2, 0.25) is 0 Å². The molecule has 0 aliphatic rings. The van der Waals surface area contributed by atoms with Crippen molar-refractivity contribution in [2.24, 2.45) is 5.73 Å². The number of carbonyl (C=O) groups excluding carboxylic acids is 1. The summed E-state index contributed by atoms with van der Waals surface area (Å²) in [6.07, 6.45) is 3.44. The Labute approximate surface area is 134 Å². The molecule has 1 aromatic rings. The van der Waals surface area contributed by atoms with Gasteiger partial charge in [-0.2, -0.15) is 0 Å². The Morgan fingerprint density at radius 1 is 1.30 bits per heavy atom. The first-order valence-corrected chi connectivity index (χ1v) is 8.46. The molecule has 1 rings (SSSR count).